The molecule has 4 nitrogen and oxygen atoms in total. The van der Waals surface area contributed by atoms with Crippen molar-refractivity contribution < 1.29 is 4.74 Å². The van der Waals surface area contributed by atoms with Gasteiger partial charge >= 0.3 is 0 Å². The minimum absolute atomic E-state index is 0.380. The fraction of sp³-hybridized carbons (Fsp3) is 0.0476. The molecule has 0 radical (unpaired) electrons. The van der Waals surface area contributed by atoms with Crippen molar-refractivity contribution in [2.45, 2.75) is 6.61 Å². The van der Waals surface area contributed by atoms with Gasteiger partial charge in [-0.3, -0.25) is 5.43 Å². The molecule has 0 bridgehead atoms. The summed E-state index contributed by atoms with van der Waals surface area (Å²) in [5.41, 5.74) is 5.60. The van der Waals surface area contributed by atoms with E-state index in [-0.39, 0.29) is 0 Å². The first kappa shape index (κ1) is 18.9. The lowest BCUT2D eigenvalue weighted by molar-refractivity contribution is 0.306. The Labute approximate surface area is 168 Å². The molecule has 0 fully saturated rings. The molecule has 0 amide bonds. The van der Waals surface area contributed by atoms with Gasteiger partial charge in [-0.15, -0.1) is 0 Å². The number of thiocarbonyl (C=S) groups is 1. The first-order chi connectivity index (χ1) is 13.2. The van der Waals surface area contributed by atoms with Crippen LogP contribution >= 0.6 is 23.8 Å². The largest absolute Gasteiger partial charge is 0.489 e. The normalized spacial score (nSPS) is 10.6. The molecule has 0 spiro atoms. The van der Waals surface area contributed by atoms with Gasteiger partial charge in [0.25, 0.3) is 0 Å². The first-order valence-electron chi connectivity index (χ1n) is 8.31. The number of hydrazone groups is 1. The molecule has 3 rings (SSSR count). The Balaban J connectivity index is 1.52. The fourth-order valence-corrected chi connectivity index (χ4v) is 2.68. The molecule has 0 saturated heterocycles. The molecular formula is C21H18ClN3OS. The maximum Gasteiger partial charge on any atom is 0.191 e. The molecule has 3 aromatic rings. The Morgan fingerprint density at radius 1 is 1.00 bits per heavy atom. The number of ether oxygens (including phenoxy) is 1. The van der Waals surface area contributed by atoms with Gasteiger partial charge in [-0.2, -0.15) is 5.10 Å². The van der Waals surface area contributed by atoms with E-state index >= 15 is 0 Å². The average molecular weight is 396 g/mol. The SMILES string of the molecule is S=C(N/N=C\c1cccc(OCc2ccccc2)c1)Nc1cccc(Cl)c1. The Hall–Kier alpha value is -2.89. The van der Waals surface area contributed by atoms with E-state index in [0.29, 0.717) is 16.7 Å². The first-order valence-corrected chi connectivity index (χ1v) is 9.10. The summed E-state index contributed by atoms with van der Waals surface area (Å²) in [5, 5.41) is 8.19. The van der Waals surface area contributed by atoms with Crippen LogP contribution in [0.5, 0.6) is 5.75 Å². The monoisotopic (exact) mass is 395 g/mol. The number of hydrogen-bond donors (Lipinski definition) is 2. The van der Waals surface area contributed by atoms with Crippen molar-refractivity contribution in [1.29, 1.82) is 0 Å². The minimum atomic E-state index is 0.380. The predicted molar refractivity (Wildman–Crippen MR) is 116 cm³/mol. The van der Waals surface area contributed by atoms with E-state index in [1.54, 1.807) is 18.3 Å². The van der Waals surface area contributed by atoms with Crippen molar-refractivity contribution in [3.63, 3.8) is 0 Å². The van der Waals surface area contributed by atoms with Gasteiger partial charge in [-0.1, -0.05) is 60.1 Å². The highest BCUT2D eigenvalue weighted by molar-refractivity contribution is 7.80. The zero-order valence-corrected chi connectivity index (χ0v) is 16.0. The van der Waals surface area contributed by atoms with Crippen molar-refractivity contribution in [2.24, 2.45) is 5.10 Å². The molecule has 0 heterocycles. The van der Waals surface area contributed by atoms with Gasteiger partial charge in [0.05, 0.1) is 6.21 Å². The Kier molecular flexibility index (Phi) is 6.79. The third-order valence-electron chi connectivity index (χ3n) is 3.57. The number of nitrogens with zero attached hydrogens (tertiary/aromatic N) is 1. The third-order valence-corrected chi connectivity index (χ3v) is 4.00. The van der Waals surface area contributed by atoms with Crippen LogP contribution in [0.15, 0.2) is 84.0 Å². The van der Waals surface area contributed by atoms with E-state index in [1.807, 2.05) is 66.7 Å². The number of nitrogens with one attached hydrogen (secondary N) is 2. The topological polar surface area (TPSA) is 45.7 Å². The van der Waals surface area contributed by atoms with E-state index in [4.69, 9.17) is 28.6 Å². The summed E-state index contributed by atoms with van der Waals surface area (Å²) in [6, 6.07) is 25.0. The molecule has 0 aliphatic rings. The highest BCUT2D eigenvalue weighted by Gasteiger charge is 1.98. The highest BCUT2D eigenvalue weighted by atomic mass is 35.5. The molecule has 0 aliphatic carbocycles. The van der Waals surface area contributed by atoms with E-state index in [0.717, 1.165) is 22.6 Å². The summed E-state index contributed by atoms with van der Waals surface area (Å²) in [7, 11) is 0. The van der Waals surface area contributed by atoms with Crippen LogP contribution in [0.4, 0.5) is 5.69 Å². The second-order valence-corrected chi connectivity index (χ2v) is 6.53. The lowest BCUT2D eigenvalue weighted by atomic mass is 10.2. The van der Waals surface area contributed by atoms with E-state index in [1.165, 1.54) is 0 Å². The van der Waals surface area contributed by atoms with Crippen molar-refractivity contribution in [3.8, 4) is 5.75 Å². The van der Waals surface area contributed by atoms with Gasteiger partial charge in [-0.05, 0) is 53.7 Å². The quantitative estimate of drug-likeness (QED) is 0.340. The van der Waals surface area contributed by atoms with Gasteiger partial charge in [0, 0.05) is 10.7 Å². The Morgan fingerprint density at radius 3 is 2.63 bits per heavy atom. The smallest absolute Gasteiger partial charge is 0.191 e. The minimum Gasteiger partial charge on any atom is -0.489 e. The molecule has 27 heavy (non-hydrogen) atoms. The van der Waals surface area contributed by atoms with Gasteiger partial charge in [0.1, 0.15) is 12.4 Å². The molecule has 0 saturated carbocycles. The van der Waals surface area contributed by atoms with E-state index in [2.05, 4.69) is 15.8 Å². The van der Waals surface area contributed by atoms with Crippen LogP contribution in [0.3, 0.4) is 0 Å². The number of anilines is 1. The third kappa shape index (κ3) is 6.40. The average Bonchev–Trinajstić information content (AvgIpc) is 2.68. The van der Waals surface area contributed by atoms with Crippen LogP contribution in [-0.2, 0) is 6.61 Å². The lowest BCUT2D eigenvalue weighted by Gasteiger charge is -2.08. The molecule has 136 valence electrons. The molecular weight excluding hydrogens is 378 g/mol. The second-order valence-electron chi connectivity index (χ2n) is 5.68. The molecule has 0 atom stereocenters. The van der Waals surface area contributed by atoms with Gasteiger partial charge in [0.2, 0.25) is 0 Å². The van der Waals surface area contributed by atoms with Crippen molar-refractivity contribution >= 4 is 40.8 Å². The fourth-order valence-electron chi connectivity index (χ4n) is 2.32. The van der Waals surface area contributed by atoms with Gasteiger partial charge in [-0.25, -0.2) is 0 Å². The van der Waals surface area contributed by atoms with Crippen LogP contribution in [0.2, 0.25) is 5.02 Å². The molecule has 6 heteroatoms. The Morgan fingerprint density at radius 2 is 1.81 bits per heavy atom. The maximum atomic E-state index is 5.95. The number of benzene rings is 3. The standard InChI is InChI=1S/C21H18ClN3OS/c22-18-9-5-10-19(13-18)24-21(27)25-23-14-17-8-4-11-20(12-17)26-15-16-6-2-1-3-7-16/h1-14H,15H2,(H2,24,25,27)/b23-14-. The Bertz CT molecular complexity index is 931. The summed E-state index contributed by atoms with van der Waals surface area (Å²) in [6.07, 6.45) is 1.68. The van der Waals surface area contributed by atoms with Crippen LogP contribution in [-0.4, -0.2) is 11.3 Å². The van der Waals surface area contributed by atoms with Crippen LogP contribution in [0.1, 0.15) is 11.1 Å². The lowest BCUT2D eigenvalue weighted by Crippen LogP contribution is -2.23. The summed E-state index contributed by atoms with van der Waals surface area (Å²) in [4.78, 5) is 0. The summed E-state index contributed by atoms with van der Waals surface area (Å²) < 4.78 is 5.82. The molecule has 0 unspecified atom stereocenters. The van der Waals surface area contributed by atoms with Crippen molar-refractivity contribution in [2.75, 3.05) is 5.32 Å². The predicted octanol–water partition coefficient (Wildman–Crippen LogP) is 5.24. The zero-order valence-electron chi connectivity index (χ0n) is 14.4. The van der Waals surface area contributed by atoms with Crippen LogP contribution in [0.25, 0.3) is 0 Å². The van der Waals surface area contributed by atoms with E-state index in [9.17, 15) is 0 Å². The van der Waals surface area contributed by atoms with Crippen molar-refractivity contribution in [1.82, 2.24) is 5.43 Å². The van der Waals surface area contributed by atoms with Crippen LogP contribution in [0, 0.1) is 0 Å². The highest BCUT2D eigenvalue weighted by Crippen LogP contribution is 2.15. The van der Waals surface area contributed by atoms with E-state index < -0.39 is 0 Å². The number of hydrogen-bond acceptors (Lipinski definition) is 3. The second kappa shape index (κ2) is 9.71. The van der Waals surface area contributed by atoms with Crippen molar-refractivity contribution in [3.05, 3.63) is 95.0 Å². The van der Waals surface area contributed by atoms with Gasteiger partial charge in [0.15, 0.2) is 5.11 Å². The number of rotatable bonds is 6. The molecule has 0 aromatic heterocycles. The zero-order chi connectivity index (χ0) is 18.9. The van der Waals surface area contributed by atoms with Crippen LogP contribution < -0.4 is 15.5 Å². The molecule has 2 N–H and O–H groups in total. The summed E-state index contributed by atoms with van der Waals surface area (Å²) in [6.45, 7) is 0.521. The summed E-state index contributed by atoms with van der Waals surface area (Å²) in [5.74, 6) is 0.780. The number of halogens is 1. The molecule has 3 aromatic carbocycles. The molecule has 0 aliphatic heterocycles. The van der Waals surface area contributed by atoms with Gasteiger partial charge < -0.3 is 10.1 Å². The summed E-state index contributed by atoms with van der Waals surface area (Å²) >= 11 is 11.2. The maximum absolute atomic E-state index is 5.95.